The predicted octanol–water partition coefficient (Wildman–Crippen LogP) is 2.45. The number of hydrogen-bond acceptors (Lipinski definition) is 6. The minimum absolute atomic E-state index is 0.171. The van der Waals surface area contributed by atoms with Crippen molar-refractivity contribution in [2.75, 3.05) is 20.8 Å². The Hall–Kier alpha value is -3.55. The summed E-state index contributed by atoms with van der Waals surface area (Å²) in [6.07, 6.45) is -1.30. The third kappa shape index (κ3) is 5.23. The van der Waals surface area contributed by atoms with Crippen LogP contribution in [0.4, 0.5) is 4.79 Å². The molecule has 0 saturated heterocycles. The molecule has 0 fully saturated rings. The van der Waals surface area contributed by atoms with Crippen LogP contribution in [0.25, 0.3) is 0 Å². The van der Waals surface area contributed by atoms with Crippen LogP contribution in [0.1, 0.15) is 28.9 Å². The van der Waals surface area contributed by atoms with Gasteiger partial charge in [-0.1, -0.05) is 30.3 Å². The standard InChI is InChI=1S/C20H22N2O6/c1-4-21-20(25)22-18(23)17(13-8-6-5-7-9-13)28-19(24)14-10-11-15(26-2)16(12-14)27-3/h5-12,17H,4H2,1-3H3,(H2,21,22,23,25)/t17-/m1/s1. The maximum Gasteiger partial charge on any atom is 0.339 e. The number of benzene rings is 2. The molecule has 2 aromatic carbocycles. The first-order valence-electron chi connectivity index (χ1n) is 8.56. The average Bonchev–Trinajstić information content (AvgIpc) is 2.71. The van der Waals surface area contributed by atoms with E-state index in [1.54, 1.807) is 43.3 Å². The molecule has 0 unspecified atom stereocenters. The van der Waals surface area contributed by atoms with E-state index in [-0.39, 0.29) is 5.56 Å². The number of amides is 3. The summed E-state index contributed by atoms with van der Waals surface area (Å²) < 4.78 is 15.7. The summed E-state index contributed by atoms with van der Waals surface area (Å²) in [4.78, 5) is 36.8. The maximum atomic E-state index is 12.6. The molecule has 0 heterocycles. The van der Waals surface area contributed by atoms with Gasteiger partial charge in [0.2, 0.25) is 6.10 Å². The van der Waals surface area contributed by atoms with Crippen LogP contribution < -0.4 is 20.1 Å². The highest BCUT2D eigenvalue weighted by atomic mass is 16.5. The minimum atomic E-state index is -1.30. The minimum Gasteiger partial charge on any atom is -0.493 e. The van der Waals surface area contributed by atoms with Crippen molar-refractivity contribution in [3.63, 3.8) is 0 Å². The zero-order valence-corrected chi connectivity index (χ0v) is 15.9. The average molecular weight is 386 g/mol. The van der Waals surface area contributed by atoms with Crippen LogP contribution in [-0.2, 0) is 9.53 Å². The Morgan fingerprint density at radius 3 is 2.25 bits per heavy atom. The largest absolute Gasteiger partial charge is 0.493 e. The summed E-state index contributed by atoms with van der Waals surface area (Å²) in [5.41, 5.74) is 0.600. The molecule has 0 aliphatic heterocycles. The fourth-order valence-corrected chi connectivity index (χ4v) is 2.42. The zero-order valence-electron chi connectivity index (χ0n) is 15.9. The number of ether oxygens (including phenoxy) is 3. The Morgan fingerprint density at radius 2 is 1.64 bits per heavy atom. The van der Waals surface area contributed by atoms with Crippen molar-refractivity contribution in [2.45, 2.75) is 13.0 Å². The maximum absolute atomic E-state index is 12.6. The summed E-state index contributed by atoms with van der Waals surface area (Å²) >= 11 is 0. The van der Waals surface area contributed by atoms with Gasteiger partial charge in [-0.3, -0.25) is 10.1 Å². The van der Waals surface area contributed by atoms with Gasteiger partial charge in [-0.2, -0.15) is 0 Å². The molecule has 0 saturated carbocycles. The predicted molar refractivity (Wildman–Crippen MR) is 101 cm³/mol. The molecule has 0 aliphatic carbocycles. The summed E-state index contributed by atoms with van der Waals surface area (Å²) in [5, 5.41) is 4.62. The second kappa shape index (κ2) is 9.96. The van der Waals surface area contributed by atoms with E-state index in [0.29, 0.717) is 23.6 Å². The number of esters is 1. The van der Waals surface area contributed by atoms with Crippen LogP contribution in [0.5, 0.6) is 11.5 Å². The molecule has 0 spiro atoms. The summed E-state index contributed by atoms with van der Waals surface area (Å²) in [6, 6.07) is 12.3. The molecule has 0 aromatic heterocycles. The zero-order chi connectivity index (χ0) is 20.5. The lowest BCUT2D eigenvalue weighted by Gasteiger charge is -2.18. The van der Waals surface area contributed by atoms with Crippen molar-refractivity contribution in [1.29, 1.82) is 0 Å². The Morgan fingerprint density at radius 1 is 0.964 bits per heavy atom. The molecule has 28 heavy (non-hydrogen) atoms. The number of nitrogens with one attached hydrogen (secondary N) is 2. The second-order valence-electron chi connectivity index (χ2n) is 5.61. The van der Waals surface area contributed by atoms with E-state index in [9.17, 15) is 14.4 Å². The molecule has 8 nitrogen and oxygen atoms in total. The van der Waals surface area contributed by atoms with Gasteiger partial charge in [0.05, 0.1) is 19.8 Å². The number of rotatable bonds is 7. The number of hydrogen-bond donors (Lipinski definition) is 2. The molecular formula is C20H22N2O6. The number of methoxy groups -OCH3 is 2. The molecule has 8 heteroatoms. The van der Waals surface area contributed by atoms with Crippen LogP contribution >= 0.6 is 0 Å². The summed E-state index contributed by atoms with van der Waals surface area (Å²) in [5.74, 6) is -0.709. The lowest BCUT2D eigenvalue weighted by molar-refractivity contribution is -0.129. The molecule has 1 atom stereocenters. The van der Waals surface area contributed by atoms with E-state index in [1.165, 1.54) is 26.4 Å². The Bertz CT molecular complexity index is 838. The fraction of sp³-hybridized carbons (Fsp3) is 0.250. The SMILES string of the molecule is CCNC(=O)NC(=O)[C@H](OC(=O)c1ccc(OC)c(OC)c1)c1ccccc1. The lowest BCUT2D eigenvalue weighted by atomic mass is 10.1. The molecule has 2 N–H and O–H groups in total. The molecule has 0 bridgehead atoms. The number of imide groups is 1. The van der Waals surface area contributed by atoms with Gasteiger partial charge in [0.1, 0.15) is 0 Å². The molecule has 0 radical (unpaired) electrons. The van der Waals surface area contributed by atoms with Crippen LogP contribution in [0.2, 0.25) is 0 Å². The molecular weight excluding hydrogens is 364 g/mol. The normalized spacial score (nSPS) is 11.1. The van der Waals surface area contributed by atoms with Crippen LogP contribution in [0.15, 0.2) is 48.5 Å². The van der Waals surface area contributed by atoms with E-state index in [0.717, 1.165) is 0 Å². The highest BCUT2D eigenvalue weighted by Crippen LogP contribution is 2.29. The van der Waals surface area contributed by atoms with Crippen LogP contribution in [0.3, 0.4) is 0 Å². The van der Waals surface area contributed by atoms with Gasteiger partial charge in [-0.05, 0) is 25.1 Å². The van der Waals surface area contributed by atoms with E-state index >= 15 is 0 Å². The first-order chi connectivity index (χ1) is 13.5. The molecule has 2 rings (SSSR count). The smallest absolute Gasteiger partial charge is 0.339 e. The topological polar surface area (TPSA) is 103 Å². The molecule has 3 amide bonds. The fourth-order valence-electron chi connectivity index (χ4n) is 2.42. The van der Waals surface area contributed by atoms with Crippen LogP contribution in [-0.4, -0.2) is 38.7 Å². The molecule has 148 valence electrons. The van der Waals surface area contributed by atoms with E-state index < -0.39 is 24.0 Å². The highest BCUT2D eigenvalue weighted by Gasteiger charge is 2.27. The highest BCUT2D eigenvalue weighted by molar-refractivity contribution is 5.99. The number of urea groups is 1. The van der Waals surface area contributed by atoms with Crippen molar-refractivity contribution in [2.24, 2.45) is 0 Å². The van der Waals surface area contributed by atoms with Crippen molar-refractivity contribution >= 4 is 17.9 Å². The van der Waals surface area contributed by atoms with Gasteiger partial charge in [-0.25, -0.2) is 9.59 Å². The van der Waals surface area contributed by atoms with Crippen molar-refractivity contribution in [1.82, 2.24) is 10.6 Å². The van der Waals surface area contributed by atoms with Gasteiger partial charge in [0.25, 0.3) is 5.91 Å². The monoisotopic (exact) mass is 386 g/mol. The third-order valence-corrected chi connectivity index (χ3v) is 3.76. The Labute approximate surface area is 162 Å². The first kappa shape index (κ1) is 20.8. The molecule has 2 aromatic rings. The first-order valence-corrected chi connectivity index (χ1v) is 8.56. The lowest BCUT2D eigenvalue weighted by Crippen LogP contribution is -2.42. The Kier molecular flexibility index (Phi) is 7.38. The van der Waals surface area contributed by atoms with Gasteiger partial charge in [-0.15, -0.1) is 0 Å². The van der Waals surface area contributed by atoms with E-state index in [2.05, 4.69) is 10.6 Å². The van der Waals surface area contributed by atoms with Gasteiger partial charge in [0.15, 0.2) is 11.5 Å². The van der Waals surface area contributed by atoms with Crippen molar-refractivity contribution in [3.05, 3.63) is 59.7 Å². The van der Waals surface area contributed by atoms with Crippen molar-refractivity contribution < 1.29 is 28.6 Å². The number of carbonyl (C=O) groups is 3. The Balaban J connectivity index is 2.26. The summed E-state index contributed by atoms with van der Waals surface area (Å²) in [7, 11) is 2.92. The number of carbonyl (C=O) groups excluding carboxylic acids is 3. The van der Waals surface area contributed by atoms with E-state index in [1.807, 2.05) is 0 Å². The second-order valence-corrected chi connectivity index (χ2v) is 5.61. The van der Waals surface area contributed by atoms with Crippen molar-refractivity contribution in [3.8, 4) is 11.5 Å². The van der Waals surface area contributed by atoms with Gasteiger partial charge < -0.3 is 19.5 Å². The molecule has 0 aliphatic rings. The quantitative estimate of drug-likeness (QED) is 0.709. The van der Waals surface area contributed by atoms with Crippen LogP contribution in [0, 0.1) is 0 Å². The summed E-state index contributed by atoms with van der Waals surface area (Å²) in [6.45, 7) is 2.07. The third-order valence-electron chi connectivity index (χ3n) is 3.76. The van der Waals surface area contributed by atoms with E-state index in [4.69, 9.17) is 14.2 Å². The van der Waals surface area contributed by atoms with Gasteiger partial charge in [0, 0.05) is 12.1 Å². The van der Waals surface area contributed by atoms with Gasteiger partial charge >= 0.3 is 12.0 Å².